The van der Waals surface area contributed by atoms with Crippen LogP contribution >= 0.6 is 0 Å². The minimum Gasteiger partial charge on any atom is -0.491 e. The van der Waals surface area contributed by atoms with E-state index >= 15 is 0 Å². The first-order chi connectivity index (χ1) is 11.1. The molecule has 0 spiro atoms. The Hall–Kier alpha value is -1.65. The lowest BCUT2D eigenvalue weighted by atomic mass is 9.85. The molecular formula is C18H24F2O3. The molecule has 0 aliphatic heterocycles. The zero-order chi connectivity index (χ0) is 16.8. The molecule has 0 aromatic heterocycles. The van der Waals surface area contributed by atoms with Crippen molar-refractivity contribution in [3.63, 3.8) is 0 Å². The second kappa shape index (κ2) is 8.27. The largest absolute Gasteiger partial charge is 0.491 e. The van der Waals surface area contributed by atoms with Crippen LogP contribution in [0.5, 0.6) is 5.75 Å². The Morgan fingerprint density at radius 1 is 1.13 bits per heavy atom. The van der Waals surface area contributed by atoms with Crippen LogP contribution in [0.4, 0.5) is 8.78 Å². The number of ether oxygens (including phenoxy) is 2. The summed E-state index contributed by atoms with van der Waals surface area (Å²) < 4.78 is 38.1. The van der Waals surface area contributed by atoms with Crippen molar-refractivity contribution in [2.45, 2.75) is 58.5 Å². The first kappa shape index (κ1) is 17.7. The van der Waals surface area contributed by atoms with E-state index in [0.29, 0.717) is 5.92 Å². The van der Waals surface area contributed by atoms with Crippen LogP contribution in [0.1, 0.15) is 62.7 Å². The van der Waals surface area contributed by atoms with Gasteiger partial charge in [-0.15, -0.1) is 0 Å². The fourth-order valence-electron chi connectivity index (χ4n) is 3.12. The number of esters is 1. The third-order valence-corrected chi connectivity index (χ3v) is 4.33. The third-order valence-electron chi connectivity index (χ3n) is 4.33. The van der Waals surface area contributed by atoms with Crippen molar-refractivity contribution in [3.05, 3.63) is 29.3 Å². The zero-order valence-corrected chi connectivity index (χ0v) is 13.7. The van der Waals surface area contributed by atoms with Crippen LogP contribution in [-0.2, 0) is 4.74 Å². The van der Waals surface area contributed by atoms with Gasteiger partial charge >= 0.3 is 5.97 Å². The summed E-state index contributed by atoms with van der Waals surface area (Å²) in [6.45, 7) is 4.06. The normalized spacial score (nSPS) is 21.0. The van der Waals surface area contributed by atoms with Gasteiger partial charge in [0.15, 0.2) is 11.6 Å². The molecule has 0 radical (unpaired) electrons. The van der Waals surface area contributed by atoms with Gasteiger partial charge < -0.3 is 9.47 Å². The lowest BCUT2D eigenvalue weighted by molar-refractivity contribution is 0.0155. The summed E-state index contributed by atoms with van der Waals surface area (Å²) in [5.41, 5.74) is -0.373. The van der Waals surface area contributed by atoms with E-state index in [9.17, 15) is 13.6 Å². The average Bonchev–Trinajstić information content (AvgIpc) is 2.54. The van der Waals surface area contributed by atoms with Crippen LogP contribution in [0, 0.1) is 17.6 Å². The van der Waals surface area contributed by atoms with Gasteiger partial charge in [0.2, 0.25) is 5.82 Å². The highest BCUT2D eigenvalue weighted by molar-refractivity contribution is 5.90. The highest BCUT2D eigenvalue weighted by Gasteiger charge is 2.26. The van der Waals surface area contributed by atoms with E-state index in [-0.39, 0.29) is 24.0 Å². The summed E-state index contributed by atoms with van der Waals surface area (Å²) in [6.07, 6.45) is 5.77. The molecule has 5 heteroatoms. The Kier molecular flexibility index (Phi) is 6.37. The van der Waals surface area contributed by atoms with Crippen LogP contribution < -0.4 is 4.74 Å². The van der Waals surface area contributed by atoms with Gasteiger partial charge in [0.1, 0.15) is 6.10 Å². The second-order valence-electron chi connectivity index (χ2n) is 6.01. The van der Waals surface area contributed by atoms with Crippen LogP contribution in [0.2, 0.25) is 0 Å². The van der Waals surface area contributed by atoms with Crippen LogP contribution in [0.3, 0.4) is 0 Å². The molecule has 0 unspecified atom stereocenters. The summed E-state index contributed by atoms with van der Waals surface area (Å²) in [6, 6.07) is 2.48. The summed E-state index contributed by atoms with van der Waals surface area (Å²) in [5, 5.41) is 0. The Morgan fingerprint density at radius 3 is 2.43 bits per heavy atom. The van der Waals surface area contributed by atoms with Crippen LogP contribution in [0.25, 0.3) is 0 Å². The summed E-state index contributed by atoms with van der Waals surface area (Å²) in [4.78, 5) is 12.1. The molecule has 0 bridgehead atoms. The molecule has 3 nitrogen and oxygen atoms in total. The minimum absolute atomic E-state index is 0.193. The molecule has 128 valence electrons. The number of carbonyl (C=O) groups excluding carboxylic acids is 1. The maximum Gasteiger partial charge on any atom is 0.341 e. The molecule has 1 aliphatic rings. The second-order valence-corrected chi connectivity index (χ2v) is 6.01. The molecule has 0 N–H and O–H groups in total. The molecule has 0 heterocycles. The Labute approximate surface area is 136 Å². The van der Waals surface area contributed by atoms with Crippen molar-refractivity contribution in [2.24, 2.45) is 5.92 Å². The molecule has 0 atom stereocenters. The monoisotopic (exact) mass is 326 g/mol. The van der Waals surface area contributed by atoms with E-state index in [0.717, 1.165) is 32.1 Å². The van der Waals surface area contributed by atoms with Crippen molar-refractivity contribution in [1.82, 2.24) is 0 Å². The van der Waals surface area contributed by atoms with Gasteiger partial charge in [0, 0.05) is 0 Å². The molecule has 2 rings (SSSR count). The van der Waals surface area contributed by atoms with Gasteiger partial charge in [-0.25, -0.2) is 9.18 Å². The number of rotatable bonds is 6. The van der Waals surface area contributed by atoms with Gasteiger partial charge in [-0.2, -0.15) is 4.39 Å². The number of hydrogen-bond acceptors (Lipinski definition) is 3. The summed E-state index contributed by atoms with van der Waals surface area (Å²) >= 11 is 0. The lowest BCUT2D eigenvalue weighted by Crippen LogP contribution is -2.25. The van der Waals surface area contributed by atoms with Crippen molar-refractivity contribution in [3.8, 4) is 5.75 Å². The highest BCUT2D eigenvalue weighted by atomic mass is 19.2. The summed E-state index contributed by atoms with van der Waals surface area (Å²) in [7, 11) is 0. The average molecular weight is 326 g/mol. The number of carbonyl (C=O) groups is 1. The third kappa shape index (κ3) is 4.43. The smallest absolute Gasteiger partial charge is 0.341 e. The highest BCUT2D eigenvalue weighted by Crippen LogP contribution is 2.30. The van der Waals surface area contributed by atoms with Gasteiger partial charge in [-0.3, -0.25) is 0 Å². The Bertz CT molecular complexity index is 537. The molecule has 0 amide bonds. The van der Waals surface area contributed by atoms with Crippen LogP contribution in [-0.4, -0.2) is 18.7 Å². The maximum atomic E-state index is 14.0. The first-order valence-corrected chi connectivity index (χ1v) is 8.38. The van der Waals surface area contributed by atoms with Gasteiger partial charge in [0.25, 0.3) is 0 Å². The lowest BCUT2D eigenvalue weighted by Gasteiger charge is -2.28. The fraction of sp³-hybridized carbons (Fsp3) is 0.611. The molecule has 1 aromatic rings. The molecule has 1 fully saturated rings. The predicted molar refractivity (Wildman–Crippen MR) is 83.6 cm³/mol. The van der Waals surface area contributed by atoms with E-state index in [4.69, 9.17) is 9.47 Å². The topological polar surface area (TPSA) is 35.5 Å². The van der Waals surface area contributed by atoms with Gasteiger partial charge in [-0.05, 0) is 50.7 Å². The molecule has 1 saturated carbocycles. The fourth-order valence-corrected chi connectivity index (χ4v) is 3.12. The summed E-state index contributed by atoms with van der Waals surface area (Å²) in [5.74, 6) is -2.66. The van der Waals surface area contributed by atoms with Gasteiger partial charge in [-0.1, -0.05) is 19.8 Å². The number of hydrogen-bond donors (Lipinski definition) is 0. The standard InChI is InChI=1S/C18H24F2O3/c1-3-5-12-6-8-13(9-7-12)23-18(21)14-10-11-15(22-4-2)17(20)16(14)19/h10-13H,3-9H2,1-2H3/t12-,13-. The number of benzene rings is 1. The Morgan fingerprint density at radius 2 is 1.83 bits per heavy atom. The SMILES string of the molecule is CCC[C@H]1CC[C@H](OC(=O)c2ccc(OCC)c(F)c2F)CC1. The number of halogens is 2. The quantitative estimate of drug-likeness (QED) is 0.699. The van der Waals surface area contributed by atoms with Gasteiger partial charge in [0.05, 0.1) is 12.2 Å². The van der Waals surface area contributed by atoms with E-state index < -0.39 is 17.6 Å². The van der Waals surface area contributed by atoms with Crippen molar-refractivity contribution < 1.29 is 23.0 Å². The van der Waals surface area contributed by atoms with Crippen molar-refractivity contribution >= 4 is 5.97 Å². The van der Waals surface area contributed by atoms with E-state index in [1.165, 1.54) is 18.6 Å². The van der Waals surface area contributed by atoms with E-state index in [2.05, 4.69) is 6.92 Å². The van der Waals surface area contributed by atoms with E-state index in [1.54, 1.807) is 6.92 Å². The molecule has 1 aromatic carbocycles. The predicted octanol–water partition coefficient (Wildman–Crippen LogP) is 4.88. The molecule has 23 heavy (non-hydrogen) atoms. The minimum atomic E-state index is -1.21. The first-order valence-electron chi connectivity index (χ1n) is 8.38. The van der Waals surface area contributed by atoms with Crippen LogP contribution in [0.15, 0.2) is 12.1 Å². The molecule has 0 saturated heterocycles. The van der Waals surface area contributed by atoms with Crippen molar-refractivity contribution in [2.75, 3.05) is 6.61 Å². The zero-order valence-electron chi connectivity index (χ0n) is 13.7. The molecular weight excluding hydrogens is 302 g/mol. The maximum absolute atomic E-state index is 14.0. The molecule has 1 aliphatic carbocycles. The van der Waals surface area contributed by atoms with Crippen molar-refractivity contribution in [1.29, 1.82) is 0 Å². The van der Waals surface area contributed by atoms with E-state index in [1.807, 2.05) is 0 Å². The Balaban J connectivity index is 1.98.